The molecule has 1 unspecified atom stereocenters. The Kier molecular flexibility index (Phi) is 6.33. The number of aliphatic hydroxyl groups excluding tert-OH is 1. The van der Waals surface area contributed by atoms with Crippen molar-refractivity contribution in [2.75, 3.05) is 13.2 Å². The van der Waals surface area contributed by atoms with Gasteiger partial charge < -0.3 is 19.1 Å². The molecule has 0 aliphatic carbocycles. The van der Waals surface area contributed by atoms with Gasteiger partial charge in [0.05, 0.1) is 30.7 Å². The fraction of sp³-hybridized carbons (Fsp3) is 0.276. The third-order valence-electron chi connectivity index (χ3n) is 6.62. The number of nitrogens with zero attached hydrogens (tertiary/aromatic N) is 2. The van der Waals surface area contributed by atoms with Gasteiger partial charge in [0.2, 0.25) is 6.29 Å². The number of hydrogen-bond acceptors (Lipinski definition) is 4. The molecule has 1 aromatic heterocycles. The maximum absolute atomic E-state index is 10.2. The standard InChI is InChI=1S/C29H30N2O3/c1-21(32)29(2)19-33-28(34-20-29)27-30-25(23-14-8-4-9-15-23)26(24-16-10-5-11-17-24)31(27)18-22-12-6-3-7-13-22/h3-17,21,28,32H,18-20H2,1-2H3. The molecule has 1 aliphatic rings. The van der Waals surface area contributed by atoms with E-state index in [2.05, 4.69) is 41.0 Å². The highest BCUT2D eigenvalue weighted by atomic mass is 16.7. The number of ether oxygens (including phenoxy) is 2. The summed E-state index contributed by atoms with van der Waals surface area (Å²) < 4.78 is 14.6. The fourth-order valence-electron chi connectivity index (χ4n) is 4.27. The van der Waals surface area contributed by atoms with Gasteiger partial charge in [-0.1, -0.05) is 97.9 Å². The van der Waals surface area contributed by atoms with Crippen LogP contribution in [0.15, 0.2) is 91.0 Å². The molecule has 0 saturated carbocycles. The molecule has 1 saturated heterocycles. The predicted octanol–water partition coefficient (Wildman–Crippen LogP) is 5.70. The van der Waals surface area contributed by atoms with Crippen molar-refractivity contribution >= 4 is 0 Å². The molecule has 1 N–H and O–H groups in total. The van der Waals surface area contributed by atoms with Crippen LogP contribution in [0.5, 0.6) is 0 Å². The molecule has 0 radical (unpaired) electrons. The summed E-state index contributed by atoms with van der Waals surface area (Å²) in [4.78, 5) is 5.12. The zero-order valence-corrected chi connectivity index (χ0v) is 19.6. The molecule has 0 bridgehead atoms. The van der Waals surface area contributed by atoms with Gasteiger partial charge in [0.1, 0.15) is 0 Å². The van der Waals surface area contributed by atoms with Crippen LogP contribution in [0.2, 0.25) is 0 Å². The van der Waals surface area contributed by atoms with E-state index < -0.39 is 17.8 Å². The van der Waals surface area contributed by atoms with E-state index in [0.29, 0.717) is 19.8 Å². The van der Waals surface area contributed by atoms with Crippen LogP contribution in [0.25, 0.3) is 22.5 Å². The summed E-state index contributed by atoms with van der Waals surface area (Å²) in [6.07, 6.45) is -1.15. The summed E-state index contributed by atoms with van der Waals surface area (Å²) in [5, 5.41) is 10.2. The van der Waals surface area contributed by atoms with E-state index in [-0.39, 0.29) is 0 Å². The molecular formula is C29H30N2O3. The molecule has 5 heteroatoms. The zero-order valence-electron chi connectivity index (χ0n) is 19.6. The van der Waals surface area contributed by atoms with E-state index in [4.69, 9.17) is 14.5 Å². The summed E-state index contributed by atoms with van der Waals surface area (Å²) >= 11 is 0. The molecule has 3 aromatic carbocycles. The van der Waals surface area contributed by atoms with Gasteiger partial charge in [0.15, 0.2) is 5.82 Å². The van der Waals surface area contributed by atoms with Crippen molar-refractivity contribution in [2.45, 2.75) is 32.8 Å². The van der Waals surface area contributed by atoms with Crippen molar-refractivity contribution in [3.8, 4) is 22.5 Å². The Hall–Kier alpha value is -3.25. The third-order valence-corrected chi connectivity index (χ3v) is 6.62. The summed E-state index contributed by atoms with van der Waals surface area (Å²) in [5.74, 6) is 0.731. The topological polar surface area (TPSA) is 56.5 Å². The van der Waals surface area contributed by atoms with Crippen molar-refractivity contribution in [1.29, 1.82) is 0 Å². The van der Waals surface area contributed by atoms with Crippen molar-refractivity contribution in [3.63, 3.8) is 0 Å². The lowest BCUT2D eigenvalue weighted by Crippen LogP contribution is -2.44. The Bertz CT molecular complexity index is 1210. The normalized spacial score (nSPS) is 21.3. The lowest BCUT2D eigenvalue weighted by molar-refractivity contribution is -0.250. The zero-order chi connectivity index (χ0) is 23.5. The molecule has 5 nitrogen and oxygen atoms in total. The number of hydrogen-bond donors (Lipinski definition) is 1. The Morgan fingerprint density at radius 2 is 1.41 bits per heavy atom. The summed E-state index contributed by atoms with van der Waals surface area (Å²) in [5.41, 5.74) is 4.77. The van der Waals surface area contributed by atoms with Gasteiger partial charge in [-0.15, -0.1) is 0 Å². The van der Waals surface area contributed by atoms with Crippen LogP contribution >= 0.6 is 0 Å². The highest BCUT2D eigenvalue weighted by Gasteiger charge is 2.39. The van der Waals surface area contributed by atoms with E-state index in [1.807, 2.05) is 61.5 Å². The van der Waals surface area contributed by atoms with Gasteiger partial charge in [-0.05, 0) is 12.5 Å². The molecular weight excluding hydrogens is 424 g/mol. The number of benzene rings is 3. The third kappa shape index (κ3) is 4.42. The first kappa shape index (κ1) is 22.5. The molecule has 4 aromatic rings. The molecule has 5 rings (SSSR count). The molecule has 0 spiro atoms. The van der Waals surface area contributed by atoms with Crippen LogP contribution in [0.3, 0.4) is 0 Å². The Morgan fingerprint density at radius 1 is 0.882 bits per heavy atom. The molecule has 34 heavy (non-hydrogen) atoms. The van der Waals surface area contributed by atoms with E-state index >= 15 is 0 Å². The molecule has 1 fully saturated rings. The van der Waals surface area contributed by atoms with Crippen molar-refractivity contribution in [2.24, 2.45) is 5.41 Å². The molecule has 1 aliphatic heterocycles. The maximum Gasteiger partial charge on any atom is 0.217 e. The Labute approximate surface area is 200 Å². The largest absolute Gasteiger partial charge is 0.393 e. The minimum atomic E-state index is -0.615. The number of rotatable bonds is 6. The maximum atomic E-state index is 10.2. The summed E-state index contributed by atoms with van der Waals surface area (Å²) in [6.45, 7) is 5.19. The second-order valence-corrected chi connectivity index (χ2v) is 9.25. The second kappa shape index (κ2) is 9.55. The average molecular weight is 455 g/mol. The Balaban J connectivity index is 1.65. The van der Waals surface area contributed by atoms with Gasteiger partial charge >= 0.3 is 0 Å². The minimum absolute atomic E-state index is 0.398. The summed E-state index contributed by atoms with van der Waals surface area (Å²) in [6, 6.07) is 30.9. The molecule has 2 heterocycles. The smallest absolute Gasteiger partial charge is 0.217 e. The van der Waals surface area contributed by atoms with E-state index in [1.54, 1.807) is 6.92 Å². The van der Waals surface area contributed by atoms with Crippen molar-refractivity contribution < 1.29 is 14.6 Å². The first-order valence-electron chi connectivity index (χ1n) is 11.7. The van der Waals surface area contributed by atoms with Gasteiger partial charge in [0.25, 0.3) is 0 Å². The lowest BCUT2D eigenvalue weighted by Gasteiger charge is -2.39. The van der Waals surface area contributed by atoms with Crippen LogP contribution in [0.4, 0.5) is 0 Å². The average Bonchev–Trinajstić information content (AvgIpc) is 3.25. The van der Waals surface area contributed by atoms with Gasteiger partial charge in [-0.2, -0.15) is 0 Å². The predicted molar refractivity (Wildman–Crippen MR) is 133 cm³/mol. The van der Waals surface area contributed by atoms with E-state index in [0.717, 1.165) is 28.3 Å². The van der Waals surface area contributed by atoms with Crippen LogP contribution in [0, 0.1) is 5.41 Å². The molecule has 0 amide bonds. The molecule has 1 atom stereocenters. The van der Waals surface area contributed by atoms with Crippen LogP contribution < -0.4 is 0 Å². The first-order valence-corrected chi connectivity index (χ1v) is 11.7. The van der Waals surface area contributed by atoms with Crippen LogP contribution in [0.1, 0.15) is 31.5 Å². The number of aromatic nitrogens is 2. The summed E-state index contributed by atoms with van der Waals surface area (Å²) in [7, 11) is 0. The minimum Gasteiger partial charge on any atom is -0.393 e. The van der Waals surface area contributed by atoms with Crippen molar-refractivity contribution in [3.05, 3.63) is 102 Å². The number of aliphatic hydroxyl groups is 1. The molecule has 174 valence electrons. The van der Waals surface area contributed by atoms with Gasteiger partial charge in [-0.3, -0.25) is 0 Å². The van der Waals surface area contributed by atoms with E-state index in [9.17, 15) is 5.11 Å². The van der Waals surface area contributed by atoms with E-state index in [1.165, 1.54) is 5.56 Å². The number of imidazole rings is 1. The highest BCUT2D eigenvalue weighted by molar-refractivity contribution is 5.79. The second-order valence-electron chi connectivity index (χ2n) is 9.25. The van der Waals surface area contributed by atoms with Gasteiger partial charge in [0, 0.05) is 23.1 Å². The van der Waals surface area contributed by atoms with Gasteiger partial charge in [-0.25, -0.2) is 4.98 Å². The Morgan fingerprint density at radius 3 is 1.97 bits per heavy atom. The first-order chi connectivity index (χ1) is 16.5. The highest BCUT2D eigenvalue weighted by Crippen LogP contribution is 2.39. The monoisotopic (exact) mass is 454 g/mol. The van der Waals surface area contributed by atoms with Crippen LogP contribution in [-0.4, -0.2) is 34.0 Å². The van der Waals surface area contributed by atoms with Crippen LogP contribution in [-0.2, 0) is 16.0 Å². The lowest BCUT2D eigenvalue weighted by atomic mass is 9.86. The van der Waals surface area contributed by atoms with Crippen molar-refractivity contribution in [1.82, 2.24) is 9.55 Å². The fourth-order valence-corrected chi connectivity index (χ4v) is 4.27. The SMILES string of the molecule is CC(O)C1(C)COC(c2nc(-c3ccccc3)c(-c3ccccc3)n2Cc2ccccc2)OC1. The quantitative estimate of drug-likeness (QED) is 0.406.